The number of carbonyl (C=O) groups is 3. The summed E-state index contributed by atoms with van der Waals surface area (Å²) in [4.78, 5) is 36.4. The maximum Gasteiger partial charge on any atom is 0.407 e. The Bertz CT molecular complexity index is 1020. The summed E-state index contributed by atoms with van der Waals surface area (Å²) in [6.45, 7) is 3.86. The van der Waals surface area contributed by atoms with E-state index in [1.54, 1.807) is 13.8 Å². The van der Waals surface area contributed by atoms with E-state index in [-0.39, 0.29) is 31.6 Å². The first-order chi connectivity index (χ1) is 15.8. The van der Waals surface area contributed by atoms with Crippen LogP contribution in [0.1, 0.15) is 37.3 Å². The van der Waals surface area contributed by atoms with Crippen molar-refractivity contribution in [3.05, 3.63) is 59.7 Å². The highest BCUT2D eigenvalue weighted by molar-refractivity contribution is 5.84. The Labute approximate surface area is 192 Å². The van der Waals surface area contributed by atoms with Crippen molar-refractivity contribution in [2.24, 2.45) is 5.41 Å². The maximum atomic E-state index is 12.7. The van der Waals surface area contributed by atoms with Crippen LogP contribution in [0.3, 0.4) is 0 Å². The van der Waals surface area contributed by atoms with Crippen molar-refractivity contribution in [1.82, 2.24) is 10.6 Å². The lowest BCUT2D eigenvalue weighted by Crippen LogP contribution is -2.51. The van der Waals surface area contributed by atoms with Gasteiger partial charge in [-0.3, -0.25) is 4.79 Å². The molecule has 2 amide bonds. The quantitative estimate of drug-likeness (QED) is 0.595. The summed E-state index contributed by atoms with van der Waals surface area (Å²) < 4.78 is 10.7. The number of nitrogens with one attached hydrogen (secondary N) is 2. The number of aliphatic carboxylic acids is 1. The highest BCUT2D eigenvalue weighted by atomic mass is 16.5. The van der Waals surface area contributed by atoms with Crippen LogP contribution in [0.25, 0.3) is 11.1 Å². The minimum atomic E-state index is -1.10. The number of benzene rings is 2. The molecule has 1 saturated heterocycles. The van der Waals surface area contributed by atoms with E-state index in [9.17, 15) is 19.5 Å². The number of hydrogen-bond acceptors (Lipinski definition) is 5. The number of rotatable bonds is 7. The number of hydrogen-bond donors (Lipinski definition) is 3. The third-order valence-corrected chi connectivity index (χ3v) is 6.28. The van der Waals surface area contributed by atoms with Crippen LogP contribution in [0.15, 0.2) is 48.5 Å². The van der Waals surface area contributed by atoms with Gasteiger partial charge < -0.3 is 25.2 Å². The second kappa shape index (κ2) is 9.23. The normalized spacial score (nSPS) is 19.5. The number of ether oxygens (including phenoxy) is 2. The van der Waals surface area contributed by atoms with Crippen molar-refractivity contribution < 1.29 is 29.0 Å². The molecule has 1 aliphatic carbocycles. The smallest absolute Gasteiger partial charge is 0.407 e. The van der Waals surface area contributed by atoms with E-state index in [0.29, 0.717) is 6.42 Å². The molecule has 3 N–H and O–H groups in total. The molecule has 4 rings (SSSR count). The molecule has 2 aromatic rings. The summed E-state index contributed by atoms with van der Waals surface area (Å²) in [5.41, 5.74) is 3.58. The number of carboxylic acid groups (broad SMARTS) is 1. The molecular weight excluding hydrogens is 424 g/mol. The number of fused-ring (bicyclic) bond motifs is 3. The van der Waals surface area contributed by atoms with Gasteiger partial charge in [0, 0.05) is 19.1 Å². The fraction of sp³-hybridized carbons (Fsp3) is 0.400. The molecule has 0 radical (unpaired) electrons. The van der Waals surface area contributed by atoms with E-state index in [1.165, 1.54) is 0 Å². The molecule has 2 aliphatic rings. The first-order valence-corrected chi connectivity index (χ1v) is 11.0. The molecule has 1 aliphatic heterocycles. The second-order valence-corrected chi connectivity index (χ2v) is 9.06. The third-order valence-electron chi connectivity index (χ3n) is 6.28. The Morgan fingerprint density at radius 3 is 2.27 bits per heavy atom. The van der Waals surface area contributed by atoms with Crippen molar-refractivity contribution in [1.29, 1.82) is 0 Å². The molecule has 0 spiro atoms. The van der Waals surface area contributed by atoms with Gasteiger partial charge in [-0.1, -0.05) is 48.5 Å². The first-order valence-electron chi connectivity index (χ1n) is 11.0. The Balaban J connectivity index is 1.31. The Morgan fingerprint density at radius 2 is 1.67 bits per heavy atom. The van der Waals surface area contributed by atoms with Crippen molar-refractivity contribution >= 4 is 18.0 Å². The Morgan fingerprint density at radius 1 is 1.06 bits per heavy atom. The molecule has 174 valence electrons. The highest BCUT2D eigenvalue weighted by Gasteiger charge is 2.38. The number of carbonyl (C=O) groups excluding carboxylic acids is 2. The van der Waals surface area contributed by atoms with Gasteiger partial charge in [0.05, 0.1) is 11.5 Å². The fourth-order valence-corrected chi connectivity index (χ4v) is 4.37. The van der Waals surface area contributed by atoms with Crippen LogP contribution in [0.2, 0.25) is 0 Å². The molecule has 1 heterocycles. The summed E-state index contributed by atoms with van der Waals surface area (Å²) in [6, 6.07) is 15.6. The zero-order valence-corrected chi connectivity index (χ0v) is 18.7. The monoisotopic (exact) mass is 452 g/mol. The lowest BCUT2D eigenvalue weighted by Gasteiger charge is -2.27. The van der Waals surface area contributed by atoms with Gasteiger partial charge in [-0.15, -0.1) is 0 Å². The summed E-state index contributed by atoms with van der Waals surface area (Å²) in [5.74, 6) is -1.51. The van der Waals surface area contributed by atoms with Gasteiger partial charge >= 0.3 is 12.1 Å². The molecular formula is C25H28N2O6. The highest BCUT2D eigenvalue weighted by Crippen LogP contribution is 2.44. The minimum absolute atomic E-state index is 0.0425. The van der Waals surface area contributed by atoms with Crippen molar-refractivity contribution in [3.8, 4) is 11.1 Å². The van der Waals surface area contributed by atoms with Crippen LogP contribution < -0.4 is 10.6 Å². The number of amides is 2. The molecule has 0 aromatic heterocycles. The molecule has 0 bridgehead atoms. The SMILES string of the molecule is CC(C)(CNC(=O)OCC1c2ccccc2-c2ccccc21)C(=O)N[C@H]1CCO[C@H]1C(=O)O. The van der Waals surface area contributed by atoms with Crippen LogP contribution in [0.5, 0.6) is 0 Å². The van der Waals surface area contributed by atoms with Crippen LogP contribution >= 0.6 is 0 Å². The largest absolute Gasteiger partial charge is 0.479 e. The van der Waals surface area contributed by atoms with E-state index in [4.69, 9.17) is 9.47 Å². The molecule has 0 unspecified atom stereocenters. The number of carboxylic acids is 1. The standard InChI is InChI=1S/C25H28N2O6/c1-25(2,23(30)27-20-11-12-32-21(20)22(28)29)14-26-24(31)33-13-19-17-9-5-3-7-15(17)16-8-4-6-10-18(16)19/h3-10,19-21H,11-14H2,1-2H3,(H,26,31)(H,27,30)(H,28,29)/t20-,21+/m0/s1. The summed E-state index contributed by atoms with van der Waals surface area (Å²) in [5, 5.41) is 14.6. The number of alkyl carbamates (subject to hydrolysis) is 1. The van der Waals surface area contributed by atoms with Gasteiger partial charge in [-0.2, -0.15) is 0 Å². The van der Waals surface area contributed by atoms with Gasteiger partial charge in [0.25, 0.3) is 0 Å². The van der Waals surface area contributed by atoms with Crippen LogP contribution in [0, 0.1) is 5.41 Å². The van der Waals surface area contributed by atoms with E-state index in [0.717, 1.165) is 22.3 Å². The van der Waals surface area contributed by atoms with Crippen molar-refractivity contribution in [2.75, 3.05) is 19.8 Å². The van der Waals surface area contributed by atoms with E-state index < -0.39 is 29.6 Å². The zero-order chi connectivity index (χ0) is 23.6. The third kappa shape index (κ3) is 4.71. The van der Waals surface area contributed by atoms with Gasteiger partial charge in [-0.05, 0) is 42.5 Å². The van der Waals surface area contributed by atoms with E-state index in [2.05, 4.69) is 22.8 Å². The van der Waals surface area contributed by atoms with Crippen molar-refractivity contribution in [3.63, 3.8) is 0 Å². The van der Waals surface area contributed by atoms with Crippen LogP contribution in [0.4, 0.5) is 4.79 Å². The molecule has 2 aromatic carbocycles. The molecule has 8 nitrogen and oxygen atoms in total. The summed E-state index contributed by atoms with van der Waals surface area (Å²) >= 11 is 0. The van der Waals surface area contributed by atoms with Gasteiger partial charge in [-0.25, -0.2) is 9.59 Å². The van der Waals surface area contributed by atoms with E-state index in [1.807, 2.05) is 36.4 Å². The van der Waals surface area contributed by atoms with Crippen molar-refractivity contribution in [2.45, 2.75) is 38.3 Å². The fourth-order valence-electron chi connectivity index (χ4n) is 4.37. The van der Waals surface area contributed by atoms with Gasteiger partial charge in [0.2, 0.25) is 5.91 Å². The Kier molecular flexibility index (Phi) is 6.37. The molecule has 2 atom stereocenters. The van der Waals surface area contributed by atoms with Gasteiger partial charge in [0.1, 0.15) is 6.61 Å². The topological polar surface area (TPSA) is 114 Å². The predicted molar refractivity (Wildman–Crippen MR) is 121 cm³/mol. The minimum Gasteiger partial charge on any atom is -0.479 e. The first kappa shape index (κ1) is 22.8. The lowest BCUT2D eigenvalue weighted by molar-refractivity contribution is -0.148. The van der Waals surface area contributed by atoms with E-state index >= 15 is 0 Å². The summed E-state index contributed by atoms with van der Waals surface area (Å²) in [7, 11) is 0. The zero-order valence-electron chi connectivity index (χ0n) is 18.7. The molecule has 8 heteroatoms. The average molecular weight is 453 g/mol. The maximum absolute atomic E-state index is 12.7. The Hall–Kier alpha value is -3.39. The summed E-state index contributed by atoms with van der Waals surface area (Å²) in [6.07, 6.45) is -1.23. The molecule has 1 fully saturated rings. The molecule has 0 saturated carbocycles. The second-order valence-electron chi connectivity index (χ2n) is 9.06. The van der Waals surface area contributed by atoms with Crippen LogP contribution in [-0.4, -0.2) is 55.0 Å². The average Bonchev–Trinajstić information content (AvgIpc) is 3.39. The lowest BCUT2D eigenvalue weighted by atomic mass is 9.91. The molecule has 33 heavy (non-hydrogen) atoms. The predicted octanol–water partition coefficient (Wildman–Crippen LogP) is 2.91. The van der Waals surface area contributed by atoms with Crippen LogP contribution in [-0.2, 0) is 19.1 Å². The van der Waals surface area contributed by atoms with Gasteiger partial charge in [0.15, 0.2) is 6.10 Å².